The van der Waals surface area contributed by atoms with E-state index in [9.17, 15) is 0 Å². The van der Waals surface area contributed by atoms with Gasteiger partial charge in [0.25, 0.3) is 0 Å². The van der Waals surface area contributed by atoms with Crippen LogP contribution in [0.1, 0.15) is 30.5 Å². The summed E-state index contributed by atoms with van der Waals surface area (Å²) in [6.07, 6.45) is 15.8. The lowest BCUT2D eigenvalue weighted by molar-refractivity contribution is 0.673. The van der Waals surface area contributed by atoms with Crippen LogP contribution in [0, 0.1) is 0 Å². The molecule has 0 saturated carbocycles. The van der Waals surface area contributed by atoms with Crippen LogP contribution in [0.3, 0.4) is 0 Å². The molecular formula is C42H30N2O. The minimum absolute atomic E-state index is 0.928. The van der Waals surface area contributed by atoms with E-state index in [-0.39, 0.29) is 0 Å². The van der Waals surface area contributed by atoms with Crippen LogP contribution in [0.25, 0.3) is 83.2 Å². The summed E-state index contributed by atoms with van der Waals surface area (Å²) in [6.45, 7) is 0. The standard InChI is InChI=1S/C42H30N2O/c1-2-10-29(11-3-1)44-36-15-7-4-12-31(36)32-23-20-28(26-39(32)44)27-18-21-30(22-19-27)43-37-16-8-5-14-35(37)41-38(43)25-24-34-33-13-6-9-17-40(33)45-42(34)41/h1-2,5-10,13-26H,3-4,11-12H2. The highest BCUT2D eigenvalue weighted by atomic mass is 16.3. The van der Waals surface area contributed by atoms with Gasteiger partial charge in [0.15, 0.2) is 0 Å². The summed E-state index contributed by atoms with van der Waals surface area (Å²) in [7, 11) is 0. The summed E-state index contributed by atoms with van der Waals surface area (Å²) in [5, 5.41) is 6.07. The Labute approximate surface area is 260 Å². The molecular weight excluding hydrogens is 548 g/mol. The van der Waals surface area contributed by atoms with Gasteiger partial charge in [-0.3, -0.25) is 0 Å². The van der Waals surface area contributed by atoms with Gasteiger partial charge in [0, 0.05) is 38.6 Å². The molecule has 0 fully saturated rings. The molecule has 3 heterocycles. The lowest BCUT2D eigenvalue weighted by Crippen LogP contribution is -2.03. The summed E-state index contributed by atoms with van der Waals surface area (Å²) in [4.78, 5) is 0. The molecule has 0 N–H and O–H groups in total. The Morgan fingerprint density at radius 2 is 1.38 bits per heavy atom. The van der Waals surface area contributed by atoms with E-state index in [1.807, 2.05) is 6.07 Å². The third-order valence-corrected chi connectivity index (χ3v) is 9.87. The Morgan fingerprint density at radius 1 is 0.578 bits per heavy atom. The van der Waals surface area contributed by atoms with Crippen LogP contribution in [0.2, 0.25) is 0 Å². The average Bonchev–Trinajstić information content (AvgIpc) is 3.76. The van der Waals surface area contributed by atoms with Crippen molar-refractivity contribution >= 4 is 66.4 Å². The second-order valence-electron chi connectivity index (χ2n) is 12.3. The molecule has 214 valence electrons. The molecule has 8 aromatic rings. The van der Waals surface area contributed by atoms with E-state index in [2.05, 4.69) is 137 Å². The summed E-state index contributed by atoms with van der Waals surface area (Å²) in [6, 6.07) is 37.6. The van der Waals surface area contributed by atoms with E-state index in [1.165, 1.54) is 55.3 Å². The molecule has 10 rings (SSSR count). The molecule has 2 aliphatic carbocycles. The van der Waals surface area contributed by atoms with Crippen molar-refractivity contribution in [3.63, 3.8) is 0 Å². The summed E-state index contributed by atoms with van der Waals surface area (Å²) >= 11 is 0. The van der Waals surface area contributed by atoms with E-state index in [1.54, 1.807) is 0 Å². The van der Waals surface area contributed by atoms with Gasteiger partial charge >= 0.3 is 0 Å². The van der Waals surface area contributed by atoms with Gasteiger partial charge in [-0.05, 0) is 97.0 Å². The van der Waals surface area contributed by atoms with Crippen molar-refractivity contribution in [2.24, 2.45) is 0 Å². The topological polar surface area (TPSA) is 23.0 Å². The van der Waals surface area contributed by atoms with Crippen LogP contribution in [-0.2, 0) is 6.42 Å². The number of aryl methyl sites for hydroxylation is 1. The zero-order valence-electron chi connectivity index (χ0n) is 24.8. The molecule has 0 atom stereocenters. The normalized spacial score (nSPS) is 14.7. The maximum Gasteiger partial charge on any atom is 0.145 e. The van der Waals surface area contributed by atoms with Crippen LogP contribution >= 0.6 is 0 Å². The molecule has 0 saturated heterocycles. The monoisotopic (exact) mass is 578 g/mol. The number of hydrogen-bond acceptors (Lipinski definition) is 1. The summed E-state index contributed by atoms with van der Waals surface area (Å²) in [5.74, 6) is 0. The van der Waals surface area contributed by atoms with Gasteiger partial charge in [-0.1, -0.05) is 78.9 Å². The largest absolute Gasteiger partial charge is 0.455 e. The van der Waals surface area contributed by atoms with Crippen molar-refractivity contribution < 1.29 is 4.42 Å². The highest BCUT2D eigenvalue weighted by molar-refractivity contribution is 6.23. The van der Waals surface area contributed by atoms with Gasteiger partial charge in [0.1, 0.15) is 11.2 Å². The first-order chi connectivity index (χ1) is 22.3. The van der Waals surface area contributed by atoms with Gasteiger partial charge in [-0.2, -0.15) is 0 Å². The summed E-state index contributed by atoms with van der Waals surface area (Å²) < 4.78 is 11.4. The minimum atomic E-state index is 0.928. The lowest BCUT2D eigenvalue weighted by atomic mass is 9.99. The predicted octanol–water partition coefficient (Wildman–Crippen LogP) is 11.5. The molecule has 0 unspecified atom stereocenters. The van der Waals surface area contributed by atoms with Crippen LogP contribution < -0.4 is 0 Å². The molecule has 45 heavy (non-hydrogen) atoms. The first-order valence-electron chi connectivity index (χ1n) is 16.0. The third-order valence-electron chi connectivity index (χ3n) is 9.87. The summed E-state index contributed by atoms with van der Waals surface area (Å²) in [5.41, 5.74) is 13.4. The van der Waals surface area contributed by atoms with Crippen molar-refractivity contribution in [2.75, 3.05) is 0 Å². The van der Waals surface area contributed by atoms with Crippen molar-refractivity contribution in [3.05, 3.63) is 139 Å². The zero-order valence-corrected chi connectivity index (χ0v) is 24.8. The third kappa shape index (κ3) is 3.58. The molecule has 3 aromatic heterocycles. The fourth-order valence-corrected chi connectivity index (χ4v) is 7.82. The van der Waals surface area contributed by atoms with Crippen molar-refractivity contribution in [2.45, 2.75) is 25.7 Å². The van der Waals surface area contributed by atoms with Gasteiger partial charge in [-0.25, -0.2) is 0 Å². The maximum atomic E-state index is 6.49. The first-order valence-corrected chi connectivity index (χ1v) is 16.0. The van der Waals surface area contributed by atoms with E-state index < -0.39 is 0 Å². The Balaban J connectivity index is 1.13. The minimum Gasteiger partial charge on any atom is -0.455 e. The van der Waals surface area contributed by atoms with Crippen molar-refractivity contribution in [1.29, 1.82) is 0 Å². The van der Waals surface area contributed by atoms with Gasteiger partial charge in [0.05, 0.1) is 21.9 Å². The Kier molecular flexibility index (Phi) is 5.23. The van der Waals surface area contributed by atoms with Gasteiger partial charge < -0.3 is 13.6 Å². The molecule has 3 nitrogen and oxygen atoms in total. The number of fused-ring (bicyclic) bond motifs is 10. The fourth-order valence-electron chi connectivity index (χ4n) is 7.82. The van der Waals surface area contributed by atoms with Gasteiger partial charge in [0.2, 0.25) is 0 Å². The average molecular weight is 579 g/mol. The quantitative estimate of drug-likeness (QED) is 0.204. The number of rotatable bonds is 3. The fraction of sp³-hybridized carbons (Fsp3) is 0.0952. The Hall–Kier alpha value is -5.54. The molecule has 3 heteroatoms. The molecule has 0 spiro atoms. The highest BCUT2D eigenvalue weighted by Gasteiger charge is 2.21. The van der Waals surface area contributed by atoms with Crippen molar-refractivity contribution in [1.82, 2.24) is 9.13 Å². The molecule has 0 aliphatic heterocycles. The molecule has 0 radical (unpaired) electrons. The number of para-hydroxylation sites is 2. The second-order valence-corrected chi connectivity index (χ2v) is 12.3. The SMILES string of the molecule is C1=CCCC(n2c3c(c4ccc(-c5ccc(-n6c7ccccc7c7c8oc9ccccc9c8ccc76)cc5)cc42)CCC=C3)=C1. The number of furan rings is 1. The van der Waals surface area contributed by atoms with Crippen LogP contribution in [0.4, 0.5) is 0 Å². The molecule has 5 aromatic carbocycles. The van der Waals surface area contributed by atoms with E-state index in [0.29, 0.717) is 0 Å². The van der Waals surface area contributed by atoms with Crippen LogP contribution in [-0.4, -0.2) is 9.13 Å². The number of hydrogen-bond donors (Lipinski definition) is 0. The number of aromatic nitrogens is 2. The molecule has 2 aliphatic rings. The van der Waals surface area contributed by atoms with Crippen LogP contribution in [0.15, 0.2) is 132 Å². The lowest BCUT2D eigenvalue weighted by Gasteiger charge is -2.16. The van der Waals surface area contributed by atoms with E-state index in [4.69, 9.17) is 4.42 Å². The first kappa shape index (κ1) is 24.9. The van der Waals surface area contributed by atoms with E-state index in [0.717, 1.165) is 58.8 Å². The zero-order chi connectivity index (χ0) is 29.5. The van der Waals surface area contributed by atoms with Crippen molar-refractivity contribution in [3.8, 4) is 16.8 Å². The smallest absolute Gasteiger partial charge is 0.145 e. The van der Waals surface area contributed by atoms with Gasteiger partial charge in [-0.15, -0.1) is 0 Å². The predicted molar refractivity (Wildman–Crippen MR) is 189 cm³/mol. The van der Waals surface area contributed by atoms with E-state index >= 15 is 0 Å². The Bertz CT molecular complexity index is 2580. The molecule has 0 bridgehead atoms. The number of benzene rings is 5. The number of allylic oxidation sites excluding steroid dienone is 5. The highest BCUT2D eigenvalue weighted by Crippen LogP contribution is 2.41. The maximum absolute atomic E-state index is 6.49. The molecule has 0 amide bonds. The number of nitrogens with zero attached hydrogens (tertiary/aromatic N) is 2. The van der Waals surface area contributed by atoms with Crippen LogP contribution in [0.5, 0.6) is 0 Å². The second kappa shape index (κ2) is 9.48. The Morgan fingerprint density at radius 3 is 2.27 bits per heavy atom.